The van der Waals surface area contributed by atoms with E-state index in [1.807, 2.05) is 6.07 Å². The van der Waals surface area contributed by atoms with Crippen LogP contribution in [-0.2, 0) is 0 Å². The largest absolute Gasteiger partial charge is 0.369 e. The maximum Gasteiger partial charge on any atom is 0.252 e. The number of piperidine rings is 1. The molecule has 0 radical (unpaired) electrons. The van der Waals surface area contributed by atoms with E-state index in [1.54, 1.807) is 12.4 Å². The van der Waals surface area contributed by atoms with E-state index in [9.17, 15) is 4.79 Å². The molecule has 0 aromatic carbocycles. The summed E-state index contributed by atoms with van der Waals surface area (Å²) >= 11 is 0. The first-order valence-electron chi connectivity index (χ1n) is 7.48. The van der Waals surface area contributed by atoms with Crippen molar-refractivity contribution in [3.05, 3.63) is 24.0 Å². The van der Waals surface area contributed by atoms with Crippen LogP contribution in [0.1, 0.15) is 36.0 Å². The van der Waals surface area contributed by atoms with Gasteiger partial charge in [0.25, 0.3) is 5.91 Å². The van der Waals surface area contributed by atoms with E-state index < -0.39 is 5.91 Å². The van der Waals surface area contributed by atoms with Gasteiger partial charge < -0.3 is 10.6 Å². The molecular formula is C15H22N4O. The Balaban J connectivity index is 1.78. The molecule has 1 aromatic rings. The first-order chi connectivity index (χ1) is 9.75. The Labute approximate surface area is 119 Å². The van der Waals surface area contributed by atoms with Gasteiger partial charge in [0.1, 0.15) is 0 Å². The predicted octanol–water partition coefficient (Wildman–Crippen LogP) is 1.25. The Morgan fingerprint density at radius 1 is 1.25 bits per heavy atom. The molecule has 1 unspecified atom stereocenters. The third kappa shape index (κ3) is 2.63. The van der Waals surface area contributed by atoms with Gasteiger partial charge >= 0.3 is 0 Å². The number of hydrogen-bond donors (Lipinski definition) is 1. The van der Waals surface area contributed by atoms with Gasteiger partial charge in [0, 0.05) is 31.5 Å². The molecule has 2 fully saturated rings. The van der Waals surface area contributed by atoms with Gasteiger partial charge in [0.15, 0.2) is 0 Å². The number of amides is 1. The van der Waals surface area contributed by atoms with Crippen molar-refractivity contribution >= 4 is 11.6 Å². The van der Waals surface area contributed by atoms with Crippen molar-refractivity contribution < 1.29 is 4.79 Å². The molecule has 0 spiro atoms. The topological polar surface area (TPSA) is 62.5 Å². The SMILES string of the molecule is NC(=O)c1cnccc1N1CCCC(N2CCCC2)C1. The minimum atomic E-state index is -0.392. The summed E-state index contributed by atoms with van der Waals surface area (Å²) in [6, 6.07) is 2.52. The summed E-state index contributed by atoms with van der Waals surface area (Å²) < 4.78 is 0. The van der Waals surface area contributed by atoms with Crippen molar-refractivity contribution in [2.45, 2.75) is 31.7 Å². The molecule has 108 valence electrons. The first-order valence-corrected chi connectivity index (χ1v) is 7.48. The van der Waals surface area contributed by atoms with E-state index in [-0.39, 0.29) is 0 Å². The van der Waals surface area contributed by atoms with E-state index in [0.717, 1.165) is 18.8 Å². The summed E-state index contributed by atoms with van der Waals surface area (Å²) in [6.07, 6.45) is 8.38. The highest BCUT2D eigenvalue weighted by molar-refractivity contribution is 5.98. The van der Waals surface area contributed by atoms with Crippen LogP contribution in [0.4, 0.5) is 5.69 Å². The molecule has 0 aliphatic carbocycles. The Morgan fingerprint density at radius 3 is 2.80 bits per heavy atom. The number of likely N-dealkylation sites (tertiary alicyclic amines) is 1. The maximum atomic E-state index is 11.5. The summed E-state index contributed by atoms with van der Waals surface area (Å²) in [5.74, 6) is -0.392. The third-order valence-electron chi connectivity index (χ3n) is 4.46. The summed E-state index contributed by atoms with van der Waals surface area (Å²) in [4.78, 5) is 20.5. The van der Waals surface area contributed by atoms with E-state index >= 15 is 0 Å². The highest BCUT2D eigenvalue weighted by Crippen LogP contribution is 2.26. The lowest BCUT2D eigenvalue weighted by atomic mass is 10.0. The van der Waals surface area contributed by atoms with Crippen LogP contribution in [0.2, 0.25) is 0 Å². The first kappa shape index (κ1) is 13.4. The van der Waals surface area contributed by atoms with Crippen molar-refractivity contribution in [1.29, 1.82) is 0 Å². The maximum absolute atomic E-state index is 11.5. The van der Waals surface area contributed by atoms with Gasteiger partial charge in [-0.05, 0) is 44.8 Å². The summed E-state index contributed by atoms with van der Waals surface area (Å²) in [6.45, 7) is 4.42. The molecule has 5 nitrogen and oxygen atoms in total. The summed E-state index contributed by atoms with van der Waals surface area (Å²) in [5.41, 5.74) is 6.94. The van der Waals surface area contributed by atoms with Crippen molar-refractivity contribution in [1.82, 2.24) is 9.88 Å². The number of pyridine rings is 1. The molecular weight excluding hydrogens is 252 g/mol. The van der Waals surface area contributed by atoms with Gasteiger partial charge in [0.05, 0.1) is 11.3 Å². The monoisotopic (exact) mass is 274 g/mol. The number of nitrogens with zero attached hydrogens (tertiary/aromatic N) is 3. The normalized spacial score (nSPS) is 24.0. The van der Waals surface area contributed by atoms with Gasteiger partial charge in [0.2, 0.25) is 0 Å². The average molecular weight is 274 g/mol. The van der Waals surface area contributed by atoms with Crippen molar-refractivity contribution in [2.75, 3.05) is 31.1 Å². The molecule has 1 aromatic heterocycles. The molecule has 0 saturated carbocycles. The van der Waals surface area contributed by atoms with Crippen LogP contribution in [0.5, 0.6) is 0 Å². The second kappa shape index (κ2) is 5.79. The van der Waals surface area contributed by atoms with Crippen molar-refractivity contribution in [3.63, 3.8) is 0 Å². The van der Waals surface area contributed by atoms with Crippen LogP contribution < -0.4 is 10.6 Å². The molecule has 1 atom stereocenters. The molecule has 2 aliphatic rings. The third-order valence-corrected chi connectivity index (χ3v) is 4.46. The van der Waals surface area contributed by atoms with E-state index in [4.69, 9.17) is 5.73 Å². The summed E-state index contributed by atoms with van der Waals surface area (Å²) in [5, 5.41) is 0. The lowest BCUT2D eigenvalue weighted by molar-refractivity contribution is 0.1000. The number of aromatic nitrogens is 1. The number of nitrogens with two attached hydrogens (primary N) is 1. The fourth-order valence-corrected chi connectivity index (χ4v) is 3.43. The highest BCUT2D eigenvalue weighted by Gasteiger charge is 2.28. The number of carbonyl (C=O) groups is 1. The average Bonchev–Trinajstić information content (AvgIpc) is 3.01. The van der Waals surface area contributed by atoms with E-state index in [1.165, 1.54) is 38.8 Å². The fourth-order valence-electron chi connectivity index (χ4n) is 3.43. The molecule has 20 heavy (non-hydrogen) atoms. The second-order valence-electron chi connectivity index (χ2n) is 5.74. The lowest BCUT2D eigenvalue weighted by Crippen LogP contribution is -2.47. The number of primary amides is 1. The van der Waals surface area contributed by atoms with E-state index in [0.29, 0.717) is 11.6 Å². The number of anilines is 1. The van der Waals surface area contributed by atoms with E-state index in [2.05, 4.69) is 14.8 Å². The highest BCUT2D eigenvalue weighted by atomic mass is 16.1. The van der Waals surface area contributed by atoms with Crippen LogP contribution >= 0.6 is 0 Å². The number of carbonyl (C=O) groups excluding carboxylic acids is 1. The fraction of sp³-hybridized carbons (Fsp3) is 0.600. The quantitative estimate of drug-likeness (QED) is 0.901. The number of hydrogen-bond acceptors (Lipinski definition) is 4. The Kier molecular flexibility index (Phi) is 3.87. The van der Waals surface area contributed by atoms with Gasteiger partial charge in [-0.25, -0.2) is 0 Å². The minimum absolute atomic E-state index is 0.392. The second-order valence-corrected chi connectivity index (χ2v) is 5.74. The lowest BCUT2D eigenvalue weighted by Gasteiger charge is -2.39. The Bertz CT molecular complexity index is 485. The predicted molar refractivity (Wildman–Crippen MR) is 78.8 cm³/mol. The summed E-state index contributed by atoms with van der Waals surface area (Å²) in [7, 11) is 0. The van der Waals surface area contributed by atoms with Gasteiger partial charge in [-0.3, -0.25) is 14.7 Å². The Morgan fingerprint density at radius 2 is 2.05 bits per heavy atom. The number of rotatable bonds is 3. The standard InChI is InChI=1S/C15H22N4O/c16-15(20)13-10-17-6-5-14(13)19-9-3-4-12(11-19)18-7-1-2-8-18/h5-6,10,12H,1-4,7-9,11H2,(H2,16,20). The molecule has 2 N–H and O–H groups in total. The zero-order valence-corrected chi connectivity index (χ0v) is 11.8. The van der Waals surface area contributed by atoms with Crippen LogP contribution in [-0.4, -0.2) is 48.0 Å². The molecule has 0 bridgehead atoms. The molecule has 1 amide bonds. The van der Waals surface area contributed by atoms with Crippen LogP contribution in [0.15, 0.2) is 18.5 Å². The zero-order valence-electron chi connectivity index (χ0n) is 11.8. The molecule has 2 saturated heterocycles. The molecule has 3 heterocycles. The molecule has 2 aliphatic heterocycles. The smallest absolute Gasteiger partial charge is 0.252 e. The van der Waals surface area contributed by atoms with Gasteiger partial charge in [-0.15, -0.1) is 0 Å². The zero-order chi connectivity index (χ0) is 13.9. The molecule has 5 heteroatoms. The van der Waals surface area contributed by atoms with Crippen LogP contribution in [0.3, 0.4) is 0 Å². The minimum Gasteiger partial charge on any atom is -0.369 e. The van der Waals surface area contributed by atoms with Crippen LogP contribution in [0, 0.1) is 0 Å². The Hall–Kier alpha value is -1.62. The van der Waals surface area contributed by atoms with Crippen molar-refractivity contribution in [2.24, 2.45) is 5.73 Å². The van der Waals surface area contributed by atoms with Gasteiger partial charge in [-0.1, -0.05) is 0 Å². The van der Waals surface area contributed by atoms with Crippen molar-refractivity contribution in [3.8, 4) is 0 Å². The molecule has 3 rings (SSSR count). The van der Waals surface area contributed by atoms with Crippen LogP contribution in [0.25, 0.3) is 0 Å². The van der Waals surface area contributed by atoms with Gasteiger partial charge in [-0.2, -0.15) is 0 Å².